The van der Waals surface area contributed by atoms with Gasteiger partial charge in [-0.3, -0.25) is 10.1 Å². The molecule has 1 aliphatic rings. The van der Waals surface area contributed by atoms with Gasteiger partial charge in [0.15, 0.2) is 0 Å². The van der Waals surface area contributed by atoms with Crippen molar-refractivity contribution >= 4 is 5.91 Å². The largest absolute Gasteiger partial charge is 0.377 e. The summed E-state index contributed by atoms with van der Waals surface area (Å²) in [4.78, 5) is 11.6. The Morgan fingerprint density at radius 1 is 1.47 bits per heavy atom. The highest BCUT2D eigenvalue weighted by molar-refractivity contribution is 5.81. The molecule has 4 heteroatoms. The first-order valence-corrected chi connectivity index (χ1v) is 6.94. The van der Waals surface area contributed by atoms with E-state index < -0.39 is 6.04 Å². The van der Waals surface area contributed by atoms with Gasteiger partial charge < -0.3 is 10.5 Å². The highest BCUT2D eigenvalue weighted by atomic mass is 16.5. The normalized spacial score (nSPS) is 20.4. The van der Waals surface area contributed by atoms with Gasteiger partial charge in [-0.1, -0.05) is 31.2 Å². The average molecular weight is 262 g/mol. The Kier molecular flexibility index (Phi) is 4.93. The van der Waals surface area contributed by atoms with Crippen molar-refractivity contribution < 1.29 is 9.53 Å². The van der Waals surface area contributed by atoms with Crippen LogP contribution in [0.4, 0.5) is 0 Å². The fourth-order valence-corrected chi connectivity index (χ4v) is 2.38. The van der Waals surface area contributed by atoms with Crippen molar-refractivity contribution in [1.82, 2.24) is 5.32 Å². The molecule has 0 bridgehead atoms. The van der Waals surface area contributed by atoms with E-state index in [1.165, 1.54) is 5.56 Å². The van der Waals surface area contributed by atoms with Crippen molar-refractivity contribution in [2.45, 2.75) is 38.3 Å². The summed E-state index contributed by atoms with van der Waals surface area (Å²) in [6.07, 6.45) is 3.34. The van der Waals surface area contributed by atoms with E-state index in [0.717, 1.165) is 31.4 Å². The molecule has 1 fully saturated rings. The van der Waals surface area contributed by atoms with Gasteiger partial charge in [0.1, 0.15) is 6.04 Å². The molecule has 0 radical (unpaired) electrons. The zero-order valence-electron chi connectivity index (χ0n) is 11.4. The molecule has 1 aromatic rings. The van der Waals surface area contributed by atoms with Gasteiger partial charge in [-0.2, -0.15) is 0 Å². The number of carbonyl (C=O) groups is 1. The van der Waals surface area contributed by atoms with E-state index in [2.05, 4.69) is 12.2 Å². The number of carbonyl (C=O) groups excluding carboxylic acids is 1. The minimum Gasteiger partial charge on any atom is -0.377 e. The van der Waals surface area contributed by atoms with Crippen LogP contribution in [0.25, 0.3) is 0 Å². The molecule has 19 heavy (non-hydrogen) atoms. The summed E-state index contributed by atoms with van der Waals surface area (Å²) in [5.41, 5.74) is 7.66. The molecule has 1 heterocycles. The van der Waals surface area contributed by atoms with E-state index in [1.807, 2.05) is 24.3 Å². The molecule has 2 unspecified atom stereocenters. The summed E-state index contributed by atoms with van der Waals surface area (Å²) in [6.45, 7) is 3.60. The molecule has 1 amide bonds. The van der Waals surface area contributed by atoms with Gasteiger partial charge >= 0.3 is 0 Å². The SMILES string of the molecule is CCc1ccc(C(NCC2CCCO2)C(N)=O)cc1. The number of benzene rings is 1. The molecule has 1 aromatic carbocycles. The number of ether oxygens (including phenoxy) is 1. The number of primary amides is 1. The Morgan fingerprint density at radius 2 is 2.21 bits per heavy atom. The highest BCUT2D eigenvalue weighted by Crippen LogP contribution is 2.16. The zero-order chi connectivity index (χ0) is 13.7. The third-order valence-corrected chi connectivity index (χ3v) is 3.58. The molecule has 0 aromatic heterocycles. The maximum Gasteiger partial charge on any atom is 0.239 e. The number of aryl methyl sites for hydroxylation is 1. The summed E-state index contributed by atoms with van der Waals surface area (Å²) in [6, 6.07) is 7.58. The summed E-state index contributed by atoms with van der Waals surface area (Å²) in [5, 5.41) is 3.22. The number of nitrogens with one attached hydrogen (secondary N) is 1. The predicted octanol–water partition coefficient (Wildman–Crippen LogP) is 1.54. The number of amides is 1. The van der Waals surface area contributed by atoms with Crippen molar-refractivity contribution in [1.29, 1.82) is 0 Å². The molecule has 0 aliphatic carbocycles. The minimum absolute atomic E-state index is 0.205. The van der Waals surface area contributed by atoms with E-state index in [0.29, 0.717) is 6.54 Å². The molecule has 1 saturated heterocycles. The third kappa shape index (κ3) is 3.78. The summed E-state index contributed by atoms with van der Waals surface area (Å²) in [7, 11) is 0. The number of hydrogen-bond donors (Lipinski definition) is 2. The van der Waals surface area contributed by atoms with E-state index in [4.69, 9.17) is 10.5 Å². The standard InChI is InChI=1S/C15H22N2O2/c1-2-11-5-7-12(8-6-11)14(15(16)18)17-10-13-4-3-9-19-13/h5-8,13-14,17H,2-4,9-10H2,1H3,(H2,16,18). The van der Waals surface area contributed by atoms with Crippen LogP contribution >= 0.6 is 0 Å². The molecular weight excluding hydrogens is 240 g/mol. The van der Waals surface area contributed by atoms with Gasteiger partial charge in [-0.15, -0.1) is 0 Å². The van der Waals surface area contributed by atoms with Crippen molar-refractivity contribution in [3.63, 3.8) is 0 Å². The highest BCUT2D eigenvalue weighted by Gasteiger charge is 2.21. The van der Waals surface area contributed by atoms with Crippen LogP contribution in [-0.4, -0.2) is 25.2 Å². The minimum atomic E-state index is -0.435. The van der Waals surface area contributed by atoms with Gasteiger partial charge in [0.05, 0.1) is 6.10 Å². The summed E-state index contributed by atoms with van der Waals surface area (Å²) in [5.74, 6) is -0.345. The lowest BCUT2D eigenvalue weighted by molar-refractivity contribution is -0.120. The van der Waals surface area contributed by atoms with E-state index >= 15 is 0 Å². The van der Waals surface area contributed by atoms with Crippen LogP contribution in [0.2, 0.25) is 0 Å². The number of nitrogens with two attached hydrogens (primary N) is 1. The lowest BCUT2D eigenvalue weighted by Crippen LogP contribution is -2.37. The monoisotopic (exact) mass is 262 g/mol. The first-order valence-electron chi connectivity index (χ1n) is 6.94. The predicted molar refractivity (Wildman–Crippen MR) is 74.7 cm³/mol. The topological polar surface area (TPSA) is 64.3 Å². The Morgan fingerprint density at radius 3 is 2.74 bits per heavy atom. The first kappa shape index (κ1) is 14.0. The van der Waals surface area contributed by atoms with Gasteiger partial charge in [0.2, 0.25) is 5.91 Å². The Labute approximate surface area is 114 Å². The summed E-state index contributed by atoms with van der Waals surface area (Å²) < 4.78 is 5.54. The average Bonchev–Trinajstić information content (AvgIpc) is 2.92. The number of rotatable bonds is 6. The second kappa shape index (κ2) is 6.68. The van der Waals surface area contributed by atoms with Crippen LogP contribution in [0.3, 0.4) is 0 Å². The molecule has 2 rings (SSSR count). The van der Waals surface area contributed by atoms with Crippen molar-refractivity contribution in [3.8, 4) is 0 Å². The Bertz CT molecular complexity index is 411. The lowest BCUT2D eigenvalue weighted by atomic mass is 10.0. The van der Waals surface area contributed by atoms with Gasteiger partial charge in [-0.05, 0) is 30.4 Å². The summed E-state index contributed by atoms with van der Waals surface area (Å²) >= 11 is 0. The van der Waals surface area contributed by atoms with Gasteiger partial charge in [0, 0.05) is 13.2 Å². The van der Waals surface area contributed by atoms with E-state index in [-0.39, 0.29) is 12.0 Å². The lowest BCUT2D eigenvalue weighted by Gasteiger charge is -2.18. The van der Waals surface area contributed by atoms with Crippen LogP contribution in [0, 0.1) is 0 Å². The second-order valence-corrected chi connectivity index (χ2v) is 4.97. The molecule has 1 aliphatic heterocycles. The quantitative estimate of drug-likeness (QED) is 0.817. The Balaban J connectivity index is 1.99. The smallest absolute Gasteiger partial charge is 0.239 e. The zero-order valence-corrected chi connectivity index (χ0v) is 11.4. The molecule has 3 N–H and O–H groups in total. The van der Waals surface area contributed by atoms with Gasteiger partial charge in [-0.25, -0.2) is 0 Å². The molecule has 104 valence electrons. The van der Waals surface area contributed by atoms with Crippen LogP contribution in [0.15, 0.2) is 24.3 Å². The van der Waals surface area contributed by atoms with Crippen molar-refractivity contribution in [2.24, 2.45) is 5.73 Å². The van der Waals surface area contributed by atoms with E-state index in [1.54, 1.807) is 0 Å². The fraction of sp³-hybridized carbons (Fsp3) is 0.533. The molecule has 0 saturated carbocycles. The third-order valence-electron chi connectivity index (χ3n) is 3.58. The Hall–Kier alpha value is -1.39. The first-order chi connectivity index (χ1) is 9.20. The number of hydrogen-bond acceptors (Lipinski definition) is 3. The molecular formula is C15H22N2O2. The molecule has 4 nitrogen and oxygen atoms in total. The second-order valence-electron chi connectivity index (χ2n) is 4.97. The molecule has 2 atom stereocenters. The van der Waals surface area contributed by atoms with Crippen LogP contribution in [0.5, 0.6) is 0 Å². The maximum atomic E-state index is 11.6. The van der Waals surface area contributed by atoms with Crippen LogP contribution < -0.4 is 11.1 Å². The maximum absolute atomic E-state index is 11.6. The van der Waals surface area contributed by atoms with Crippen LogP contribution in [-0.2, 0) is 16.0 Å². The fourth-order valence-electron chi connectivity index (χ4n) is 2.38. The van der Waals surface area contributed by atoms with Crippen molar-refractivity contribution in [2.75, 3.05) is 13.2 Å². The van der Waals surface area contributed by atoms with Crippen molar-refractivity contribution in [3.05, 3.63) is 35.4 Å². The van der Waals surface area contributed by atoms with Gasteiger partial charge in [0.25, 0.3) is 0 Å². The molecule has 0 spiro atoms. The van der Waals surface area contributed by atoms with Crippen LogP contribution in [0.1, 0.15) is 36.9 Å². The van der Waals surface area contributed by atoms with E-state index in [9.17, 15) is 4.79 Å².